The zero-order chi connectivity index (χ0) is 11.7. The maximum absolute atomic E-state index is 9.00. The molecule has 3 nitrogen and oxygen atoms in total. The zero-order valence-electron chi connectivity index (χ0n) is 9.24. The van der Waals surface area contributed by atoms with Gasteiger partial charge in [-0.25, -0.2) is 0 Å². The fourth-order valence-corrected chi connectivity index (χ4v) is 1.80. The first kappa shape index (κ1) is 10.3. The van der Waals surface area contributed by atoms with Gasteiger partial charge in [0.2, 0.25) is 5.88 Å². The van der Waals surface area contributed by atoms with Crippen LogP contribution in [0.5, 0.6) is 0 Å². The highest BCUT2D eigenvalue weighted by molar-refractivity contribution is 5.76. The molecule has 80 valence electrons. The molecule has 0 unspecified atom stereocenters. The third-order valence-corrected chi connectivity index (χ3v) is 2.60. The van der Waals surface area contributed by atoms with E-state index in [2.05, 4.69) is 12.1 Å². The van der Waals surface area contributed by atoms with Gasteiger partial charge in [-0.2, -0.15) is 5.26 Å². The number of hydrogen-bond acceptors (Lipinski definition) is 3. The Hall–Kier alpha value is -2.21. The number of nitrogens with two attached hydrogens (primary N) is 1. The van der Waals surface area contributed by atoms with E-state index in [9.17, 15) is 0 Å². The number of furan rings is 1. The summed E-state index contributed by atoms with van der Waals surface area (Å²) >= 11 is 0. The Morgan fingerprint density at radius 3 is 2.62 bits per heavy atom. The largest absolute Gasteiger partial charge is 0.447 e. The second kappa shape index (κ2) is 3.74. The van der Waals surface area contributed by atoms with Crippen molar-refractivity contribution in [2.24, 2.45) is 0 Å². The lowest BCUT2D eigenvalue weighted by molar-refractivity contribution is 0.588. The van der Waals surface area contributed by atoms with Crippen LogP contribution >= 0.6 is 0 Å². The van der Waals surface area contributed by atoms with Gasteiger partial charge in [0.05, 0.1) is 0 Å². The van der Waals surface area contributed by atoms with E-state index in [4.69, 9.17) is 15.4 Å². The van der Waals surface area contributed by atoms with Crippen molar-refractivity contribution in [2.45, 2.75) is 13.8 Å². The highest BCUT2D eigenvalue weighted by atomic mass is 16.3. The summed E-state index contributed by atoms with van der Waals surface area (Å²) in [7, 11) is 0. The summed E-state index contributed by atoms with van der Waals surface area (Å²) in [6, 6.07) is 8.12. The van der Waals surface area contributed by atoms with Gasteiger partial charge in [0.15, 0.2) is 0 Å². The van der Waals surface area contributed by atoms with Gasteiger partial charge < -0.3 is 10.2 Å². The molecule has 3 heteroatoms. The first-order valence-corrected chi connectivity index (χ1v) is 4.98. The molecule has 0 atom stereocenters. The Labute approximate surface area is 94.1 Å². The van der Waals surface area contributed by atoms with Gasteiger partial charge in [0, 0.05) is 5.56 Å². The Kier molecular flexibility index (Phi) is 2.41. The molecule has 0 aliphatic carbocycles. The molecule has 2 N–H and O–H groups in total. The van der Waals surface area contributed by atoms with Crippen molar-refractivity contribution < 1.29 is 4.42 Å². The Bertz CT molecular complexity index is 576. The molecule has 0 radical (unpaired) electrons. The van der Waals surface area contributed by atoms with Gasteiger partial charge in [-0.15, -0.1) is 0 Å². The lowest BCUT2D eigenvalue weighted by Crippen LogP contribution is -1.88. The van der Waals surface area contributed by atoms with Crippen molar-refractivity contribution in [1.82, 2.24) is 0 Å². The van der Waals surface area contributed by atoms with Gasteiger partial charge in [-0.05, 0) is 25.0 Å². The Morgan fingerprint density at radius 2 is 2.00 bits per heavy atom. The van der Waals surface area contributed by atoms with Crippen molar-refractivity contribution in [3.8, 4) is 17.2 Å². The molecule has 0 aliphatic rings. The lowest BCUT2D eigenvalue weighted by Gasteiger charge is -2.04. The van der Waals surface area contributed by atoms with Crippen LogP contribution in [-0.2, 0) is 0 Å². The molecule has 0 spiro atoms. The molecule has 0 amide bonds. The van der Waals surface area contributed by atoms with Crippen molar-refractivity contribution >= 4 is 5.88 Å². The van der Waals surface area contributed by atoms with Crippen LogP contribution in [0, 0.1) is 25.2 Å². The maximum atomic E-state index is 9.00. The van der Waals surface area contributed by atoms with Crippen molar-refractivity contribution in [2.75, 3.05) is 5.73 Å². The predicted octanol–water partition coefficient (Wildman–Crippen LogP) is 3.02. The van der Waals surface area contributed by atoms with Crippen LogP contribution in [0.25, 0.3) is 11.1 Å². The van der Waals surface area contributed by atoms with Crippen LogP contribution in [0.4, 0.5) is 5.88 Å². The molecule has 0 saturated carbocycles. The fraction of sp³-hybridized carbons (Fsp3) is 0.154. The Balaban J connectivity index is 2.64. The van der Waals surface area contributed by atoms with Crippen molar-refractivity contribution in [3.63, 3.8) is 0 Å². The number of rotatable bonds is 1. The summed E-state index contributed by atoms with van der Waals surface area (Å²) in [5, 5.41) is 9.00. The van der Waals surface area contributed by atoms with Crippen molar-refractivity contribution in [3.05, 3.63) is 41.2 Å². The van der Waals surface area contributed by atoms with Gasteiger partial charge in [-0.3, -0.25) is 0 Å². The molecule has 2 aromatic rings. The highest BCUT2D eigenvalue weighted by Gasteiger charge is 2.14. The Morgan fingerprint density at radius 1 is 1.25 bits per heavy atom. The third kappa shape index (κ3) is 1.55. The van der Waals surface area contributed by atoms with Gasteiger partial charge >= 0.3 is 0 Å². The maximum Gasteiger partial charge on any atom is 0.208 e. The minimum Gasteiger partial charge on any atom is -0.447 e. The minimum absolute atomic E-state index is 0.178. The number of anilines is 1. The van der Waals surface area contributed by atoms with E-state index in [-0.39, 0.29) is 5.88 Å². The monoisotopic (exact) mass is 212 g/mol. The summed E-state index contributed by atoms with van der Waals surface area (Å²) in [6.45, 7) is 4.04. The average Bonchev–Trinajstić information content (AvgIpc) is 2.59. The molecule has 0 aliphatic heterocycles. The zero-order valence-corrected chi connectivity index (χ0v) is 9.24. The molecule has 16 heavy (non-hydrogen) atoms. The normalized spacial score (nSPS) is 10.1. The summed E-state index contributed by atoms with van der Waals surface area (Å²) in [4.78, 5) is 0. The van der Waals surface area contributed by atoms with Crippen LogP contribution in [0.2, 0.25) is 0 Å². The lowest BCUT2D eigenvalue weighted by atomic mass is 9.98. The second-order valence-corrected chi connectivity index (χ2v) is 3.82. The van der Waals surface area contributed by atoms with Crippen LogP contribution < -0.4 is 5.73 Å². The number of nitriles is 1. The molecule has 0 bridgehead atoms. The van der Waals surface area contributed by atoms with Crippen molar-refractivity contribution in [1.29, 1.82) is 5.26 Å². The topological polar surface area (TPSA) is 62.9 Å². The van der Waals surface area contributed by atoms with E-state index in [0.717, 1.165) is 16.7 Å². The van der Waals surface area contributed by atoms with Gasteiger partial charge in [0.25, 0.3) is 0 Å². The van der Waals surface area contributed by atoms with Gasteiger partial charge in [0.1, 0.15) is 17.9 Å². The molecule has 2 rings (SSSR count). The molecule has 0 saturated heterocycles. The SMILES string of the molecule is Cc1ccc(-c2coc(N)c2C#N)c(C)c1. The number of hydrogen-bond donors (Lipinski definition) is 1. The number of nitrogens with zero attached hydrogens (tertiary/aromatic N) is 1. The number of aryl methyl sites for hydroxylation is 2. The first-order chi connectivity index (χ1) is 7.63. The van der Waals surface area contributed by atoms with E-state index in [0.29, 0.717) is 5.56 Å². The van der Waals surface area contributed by atoms with Gasteiger partial charge in [-0.1, -0.05) is 23.8 Å². The van der Waals surface area contributed by atoms with E-state index in [1.807, 2.05) is 26.0 Å². The fourth-order valence-electron chi connectivity index (χ4n) is 1.80. The quantitative estimate of drug-likeness (QED) is 0.790. The second-order valence-electron chi connectivity index (χ2n) is 3.82. The van der Waals surface area contributed by atoms with Crippen LogP contribution in [0.3, 0.4) is 0 Å². The van der Waals surface area contributed by atoms with E-state index >= 15 is 0 Å². The molecular formula is C13H12N2O. The predicted molar refractivity (Wildman–Crippen MR) is 62.7 cm³/mol. The molecule has 0 fully saturated rings. The van der Waals surface area contributed by atoms with E-state index < -0.39 is 0 Å². The van der Waals surface area contributed by atoms with Crippen LogP contribution in [0.15, 0.2) is 28.9 Å². The number of benzene rings is 1. The smallest absolute Gasteiger partial charge is 0.208 e. The standard InChI is InChI=1S/C13H12N2O/c1-8-3-4-10(9(2)5-8)12-7-16-13(15)11(12)6-14/h3-5,7H,15H2,1-2H3. The number of nitrogen functional groups attached to an aromatic ring is 1. The molecule has 1 heterocycles. The van der Waals surface area contributed by atoms with Crippen LogP contribution in [-0.4, -0.2) is 0 Å². The highest BCUT2D eigenvalue weighted by Crippen LogP contribution is 2.31. The summed E-state index contributed by atoms with van der Waals surface area (Å²) < 4.78 is 5.08. The van der Waals surface area contributed by atoms with Crippen LogP contribution in [0.1, 0.15) is 16.7 Å². The minimum atomic E-state index is 0.178. The molecular weight excluding hydrogens is 200 g/mol. The summed E-state index contributed by atoms with van der Waals surface area (Å²) in [6.07, 6.45) is 1.53. The summed E-state index contributed by atoms with van der Waals surface area (Å²) in [5.41, 5.74) is 10.0. The first-order valence-electron chi connectivity index (χ1n) is 4.98. The van der Waals surface area contributed by atoms with E-state index in [1.165, 1.54) is 11.8 Å². The molecule has 1 aromatic heterocycles. The average molecular weight is 212 g/mol. The third-order valence-electron chi connectivity index (χ3n) is 2.60. The summed E-state index contributed by atoms with van der Waals surface area (Å²) in [5.74, 6) is 0.178. The van der Waals surface area contributed by atoms with E-state index in [1.54, 1.807) is 0 Å². The molecule has 1 aromatic carbocycles.